The van der Waals surface area contributed by atoms with Gasteiger partial charge < -0.3 is 47.6 Å². The van der Waals surface area contributed by atoms with Crippen LogP contribution >= 0.6 is 0 Å². The number of carbonyl (C=O) groups excluding carboxylic acids is 3. The molecule has 0 bridgehead atoms. The minimum atomic E-state index is -2.23. The Hall–Kier alpha value is -2.94. The van der Waals surface area contributed by atoms with E-state index in [1.165, 1.54) is 0 Å². The summed E-state index contributed by atoms with van der Waals surface area (Å²) in [6.07, 6.45) is -6.34. The molecule has 214 valence electrons. The molecule has 0 aliphatic heterocycles. The van der Waals surface area contributed by atoms with Crippen molar-refractivity contribution in [2.24, 2.45) is 17.4 Å². The van der Waals surface area contributed by atoms with Crippen LogP contribution in [0.15, 0.2) is 30.3 Å². The van der Waals surface area contributed by atoms with Gasteiger partial charge in [-0.15, -0.1) is 0 Å². The predicted octanol–water partition coefficient (Wildman–Crippen LogP) is -2.07. The van der Waals surface area contributed by atoms with Crippen molar-refractivity contribution in [1.29, 1.82) is 0 Å². The number of aliphatic hydroxyl groups excluding tert-OH is 4. The monoisotopic (exact) mass is 540 g/mol. The van der Waals surface area contributed by atoms with Gasteiger partial charge in [0.1, 0.15) is 18.0 Å². The van der Waals surface area contributed by atoms with Gasteiger partial charge in [-0.3, -0.25) is 19.2 Å². The number of nitrogens with two attached hydrogens (primary N) is 2. The Balaban J connectivity index is 2.76. The number of nitrogens with one attached hydrogen (secondary N) is 2. The molecular formula is C25H40N4O9. The van der Waals surface area contributed by atoms with E-state index in [0.717, 1.165) is 0 Å². The van der Waals surface area contributed by atoms with Gasteiger partial charge in [0.2, 0.25) is 5.91 Å². The Morgan fingerprint density at radius 2 is 1.55 bits per heavy atom. The third kappa shape index (κ3) is 10.1. The van der Waals surface area contributed by atoms with Gasteiger partial charge in [0.05, 0.1) is 37.2 Å². The van der Waals surface area contributed by atoms with Crippen LogP contribution in [0.4, 0.5) is 0 Å². The molecule has 0 radical (unpaired) electrons. The number of Topliss-reactive ketones (excluding diaryl/α,β-unsaturated/α-hetero) is 1. The molecule has 0 heterocycles. The van der Waals surface area contributed by atoms with Crippen molar-refractivity contribution >= 4 is 23.6 Å². The van der Waals surface area contributed by atoms with Crippen molar-refractivity contribution in [3.05, 3.63) is 35.9 Å². The first-order valence-electron chi connectivity index (χ1n) is 12.4. The average Bonchev–Trinajstić information content (AvgIpc) is 2.91. The fraction of sp³-hybridized carbons (Fsp3) is 0.600. The number of hydrogen-bond acceptors (Lipinski definition) is 10. The molecule has 11 N–H and O–H groups in total. The smallest absolute Gasteiger partial charge is 0.305 e. The van der Waals surface area contributed by atoms with Gasteiger partial charge in [-0.05, 0) is 17.9 Å². The Morgan fingerprint density at radius 1 is 0.947 bits per heavy atom. The number of hydrogen-bond donors (Lipinski definition) is 9. The van der Waals surface area contributed by atoms with Crippen LogP contribution in [0.5, 0.6) is 0 Å². The Kier molecular flexibility index (Phi) is 14.0. The molecule has 0 aliphatic carbocycles. The highest BCUT2D eigenvalue weighted by Crippen LogP contribution is 2.18. The zero-order valence-electron chi connectivity index (χ0n) is 21.6. The molecule has 8 atom stereocenters. The SMILES string of the molecule is CC[C@H](C)[C@H](N)C(=O)CC[C@H](N)C(=O)N[C@@H](CO)[C@@H](O)[C@@H](O)[C@H](O)C(=O)N[C@@H](CC(=O)O)c1ccccc1. The topological polar surface area (TPSA) is 246 Å². The lowest BCUT2D eigenvalue weighted by Gasteiger charge is -2.30. The highest BCUT2D eigenvalue weighted by atomic mass is 16.4. The van der Waals surface area contributed by atoms with E-state index >= 15 is 0 Å². The van der Waals surface area contributed by atoms with Crippen molar-refractivity contribution in [2.45, 2.75) is 82.0 Å². The van der Waals surface area contributed by atoms with Crippen LogP contribution in [-0.2, 0) is 19.2 Å². The highest BCUT2D eigenvalue weighted by Gasteiger charge is 2.37. The second-order valence-corrected chi connectivity index (χ2v) is 9.32. The van der Waals surface area contributed by atoms with Crippen LogP contribution in [0.2, 0.25) is 0 Å². The van der Waals surface area contributed by atoms with E-state index in [1.807, 2.05) is 13.8 Å². The van der Waals surface area contributed by atoms with Gasteiger partial charge in [0.15, 0.2) is 6.10 Å². The van der Waals surface area contributed by atoms with Crippen LogP contribution < -0.4 is 22.1 Å². The third-order valence-electron chi connectivity index (χ3n) is 6.44. The first kappa shape index (κ1) is 33.1. The van der Waals surface area contributed by atoms with Crippen molar-refractivity contribution < 1.29 is 44.7 Å². The summed E-state index contributed by atoms with van der Waals surface area (Å²) in [5.74, 6) is -3.55. The molecule has 1 rings (SSSR count). The standard InChI is InChI=1S/C25H40N4O9/c1-3-13(2)20(27)18(31)10-9-15(26)24(37)29-17(12-30)21(34)22(35)23(36)25(38)28-16(11-19(32)33)14-7-5-4-6-8-14/h4-8,13,15-17,20-23,30,34-36H,3,9-12,26-27H2,1-2H3,(H,28,38)(H,29,37)(H,32,33)/t13-,15-,16-,17-,20-,21+,22+,23-/m0/s1. The Bertz CT molecular complexity index is 917. The summed E-state index contributed by atoms with van der Waals surface area (Å²) in [6.45, 7) is 2.84. The maximum Gasteiger partial charge on any atom is 0.305 e. The molecule has 0 spiro atoms. The first-order chi connectivity index (χ1) is 17.8. The van der Waals surface area contributed by atoms with Gasteiger partial charge in [0, 0.05) is 6.42 Å². The number of carboxylic acids is 1. The summed E-state index contributed by atoms with van der Waals surface area (Å²) in [5.41, 5.74) is 12.1. The minimum absolute atomic E-state index is 0.0429. The average molecular weight is 541 g/mol. The fourth-order valence-electron chi connectivity index (χ4n) is 3.64. The molecule has 0 saturated carbocycles. The van der Waals surface area contributed by atoms with Gasteiger partial charge >= 0.3 is 5.97 Å². The first-order valence-corrected chi connectivity index (χ1v) is 12.4. The number of amides is 2. The van der Waals surface area contributed by atoms with Crippen molar-refractivity contribution in [3.8, 4) is 0 Å². The maximum absolute atomic E-state index is 12.5. The van der Waals surface area contributed by atoms with E-state index in [2.05, 4.69) is 10.6 Å². The molecule has 2 amide bonds. The fourth-order valence-corrected chi connectivity index (χ4v) is 3.64. The second-order valence-electron chi connectivity index (χ2n) is 9.32. The molecule has 1 aromatic carbocycles. The molecule has 1 aromatic rings. The number of aliphatic hydroxyl groups is 4. The Morgan fingerprint density at radius 3 is 2.08 bits per heavy atom. The van der Waals surface area contributed by atoms with E-state index in [4.69, 9.17) is 16.6 Å². The molecular weight excluding hydrogens is 500 g/mol. The van der Waals surface area contributed by atoms with E-state index in [1.54, 1.807) is 30.3 Å². The molecule has 13 heteroatoms. The van der Waals surface area contributed by atoms with Crippen molar-refractivity contribution in [1.82, 2.24) is 10.6 Å². The van der Waals surface area contributed by atoms with E-state index in [0.29, 0.717) is 12.0 Å². The molecule has 13 nitrogen and oxygen atoms in total. The quantitative estimate of drug-likeness (QED) is 0.104. The maximum atomic E-state index is 12.5. The number of ketones is 1. The van der Waals surface area contributed by atoms with Crippen molar-refractivity contribution in [2.75, 3.05) is 6.61 Å². The summed E-state index contributed by atoms with van der Waals surface area (Å²) in [7, 11) is 0. The largest absolute Gasteiger partial charge is 0.481 e. The number of aliphatic carboxylic acids is 1. The zero-order chi connectivity index (χ0) is 29.0. The van der Waals surface area contributed by atoms with Crippen molar-refractivity contribution in [3.63, 3.8) is 0 Å². The van der Waals surface area contributed by atoms with E-state index in [-0.39, 0.29) is 24.5 Å². The summed E-state index contributed by atoms with van der Waals surface area (Å²) < 4.78 is 0. The molecule has 0 unspecified atom stereocenters. The summed E-state index contributed by atoms with van der Waals surface area (Å²) >= 11 is 0. The van der Waals surface area contributed by atoms with Crippen LogP contribution in [0, 0.1) is 5.92 Å². The van der Waals surface area contributed by atoms with Gasteiger partial charge in [-0.1, -0.05) is 50.6 Å². The minimum Gasteiger partial charge on any atom is -0.481 e. The number of rotatable bonds is 17. The number of benzene rings is 1. The van der Waals surface area contributed by atoms with Gasteiger partial charge in [-0.2, -0.15) is 0 Å². The van der Waals surface area contributed by atoms with Gasteiger partial charge in [0.25, 0.3) is 5.91 Å². The van der Waals surface area contributed by atoms with Gasteiger partial charge in [-0.25, -0.2) is 0 Å². The van der Waals surface area contributed by atoms with Crippen LogP contribution in [-0.4, -0.2) is 92.1 Å². The number of carboxylic acid groups (broad SMARTS) is 1. The van der Waals surface area contributed by atoms with Crippen LogP contribution in [0.1, 0.15) is 51.1 Å². The molecule has 0 aliphatic rings. The second kappa shape index (κ2) is 16.1. The lowest BCUT2D eigenvalue weighted by Crippen LogP contribution is -2.58. The summed E-state index contributed by atoms with van der Waals surface area (Å²) in [6, 6.07) is 3.62. The predicted molar refractivity (Wildman–Crippen MR) is 136 cm³/mol. The molecule has 38 heavy (non-hydrogen) atoms. The normalized spacial score (nSPS) is 17.7. The summed E-state index contributed by atoms with van der Waals surface area (Å²) in [5, 5.41) is 54.4. The van der Waals surface area contributed by atoms with Crippen LogP contribution in [0.25, 0.3) is 0 Å². The number of carbonyl (C=O) groups is 4. The molecule has 0 aromatic heterocycles. The van der Waals surface area contributed by atoms with Crippen LogP contribution in [0.3, 0.4) is 0 Å². The molecule has 0 saturated heterocycles. The highest BCUT2D eigenvalue weighted by molar-refractivity contribution is 5.86. The zero-order valence-corrected chi connectivity index (χ0v) is 21.6. The van der Waals surface area contributed by atoms with E-state index < -0.39 is 73.3 Å². The lowest BCUT2D eigenvalue weighted by atomic mass is 9.93. The van der Waals surface area contributed by atoms with E-state index in [9.17, 15) is 39.6 Å². The molecule has 0 fully saturated rings. The lowest BCUT2D eigenvalue weighted by molar-refractivity contribution is -0.145. The Labute approximate surface area is 221 Å². The third-order valence-corrected chi connectivity index (χ3v) is 6.44. The summed E-state index contributed by atoms with van der Waals surface area (Å²) in [4.78, 5) is 48.4.